The summed E-state index contributed by atoms with van der Waals surface area (Å²) in [5.74, 6) is 0.617. The van der Waals surface area contributed by atoms with Gasteiger partial charge in [0.25, 0.3) is 0 Å². The van der Waals surface area contributed by atoms with Gasteiger partial charge in [0.15, 0.2) is 11.4 Å². The molecule has 3 aromatic rings. The van der Waals surface area contributed by atoms with Gasteiger partial charge in [0.2, 0.25) is 0 Å². The first-order valence-electron chi connectivity index (χ1n) is 11.0. The number of carboxylic acid groups (broad SMARTS) is 1. The highest BCUT2D eigenvalue weighted by Crippen LogP contribution is 2.30. The molecule has 2 aromatic carbocycles. The van der Waals surface area contributed by atoms with Crippen molar-refractivity contribution in [3.63, 3.8) is 0 Å². The fourth-order valence-corrected chi connectivity index (χ4v) is 3.38. The van der Waals surface area contributed by atoms with Crippen LogP contribution in [0.4, 0.5) is 13.2 Å². The second-order valence-electron chi connectivity index (χ2n) is 8.88. The fraction of sp³-hybridized carbons (Fsp3) is 0.400. The van der Waals surface area contributed by atoms with Crippen LogP contribution in [-0.2, 0) is 23.8 Å². The zero-order chi connectivity index (χ0) is 25.1. The van der Waals surface area contributed by atoms with E-state index < -0.39 is 23.3 Å². The Hall–Kier alpha value is -3.36. The third kappa shape index (κ3) is 6.15. The van der Waals surface area contributed by atoms with Crippen LogP contribution in [0.5, 0.6) is 5.75 Å². The largest absolute Gasteiger partial charge is 0.478 e. The Labute approximate surface area is 196 Å². The highest BCUT2D eigenvalue weighted by atomic mass is 19.4. The summed E-state index contributed by atoms with van der Waals surface area (Å²) in [4.78, 5) is 15.8. The van der Waals surface area contributed by atoms with Crippen molar-refractivity contribution in [2.75, 3.05) is 0 Å². The molecule has 34 heavy (non-hydrogen) atoms. The number of hydrogen-bond donors (Lipinski definition) is 1. The van der Waals surface area contributed by atoms with Crippen LogP contribution < -0.4 is 4.74 Å². The van der Waals surface area contributed by atoms with Gasteiger partial charge in [0.1, 0.15) is 11.6 Å². The van der Waals surface area contributed by atoms with Gasteiger partial charge < -0.3 is 9.84 Å². The number of nitrogens with zero attached hydrogens (tertiary/aromatic N) is 3. The number of aromatic nitrogens is 3. The summed E-state index contributed by atoms with van der Waals surface area (Å²) in [6.07, 6.45) is -2.18. The molecule has 0 saturated heterocycles. The summed E-state index contributed by atoms with van der Waals surface area (Å²) < 4.78 is 45.8. The number of carbonyl (C=O) groups is 1. The molecule has 0 amide bonds. The Bertz CT molecular complexity index is 1120. The predicted molar refractivity (Wildman–Crippen MR) is 122 cm³/mol. The number of rotatable bonds is 9. The van der Waals surface area contributed by atoms with Crippen molar-refractivity contribution in [2.45, 2.75) is 64.8 Å². The lowest BCUT2D eigenvalue weighted by atomic mass is 10.1. The molecule has 0 aliphatic heterocycles. The van der Waals surface area contributed by atoms with Gasteiger partial charge in [-0.05, 0) is 70.4 Å². The van der Waals surface area contributed by atoms with Gasteiger partial charge in [0.05, 0.1) is 5.56 Å². The maximum Gasteiger partial charge on any atom is 0.416 e. The molecule has 0 spiro atoms. The molecule has 182 valence electrons. The first-order chi connectivity index (χ1) is 15.9. The smallest absolute Gasteiger partial charge is 0.416 e. The van der Waals surface area contributed by atoms with Gasteiger partial charge in [-0.25, -0.2) is 14.5 Å². The van der Waals surface area contributed by atoms with Crippen LogP contribution in [0.1, 0.15) is 57.1 Å². The van der Waals surface area contributed by atoms with Crippen molar-refractivity contribution < 1.29 is 27.8 Å². The van der Waals surface area contributed by atoms with Crippen LogP contribution in [0.3, 0.4) is 0 Å². The molecule has 0 fully saturated rings. The molecule has 3 rings (SSSR count). The zero-order valence-electron chi connectivity index (χ0n) is 19.6. The van der Waals surface area contributed by atoms with Crippen molar-refractivity contribution in [3.8, 4) is 17.1 Å². The second kappa shape index (κ2) is 9.87. The van der Waals surface area contributed by atoms with Gasteiger partial charge >= 0.3 is 12.1 Å². The van der Waals surface area contributed by atoms with Crippen molar-refractivity contribution in [1.29, 1.82) is 0 Å². The number of halogens is 3. The predicted octanol–water partition coefficient (Wildman–Crippen LogP) is 5.96. The van der Waals surface area contributed by atoms with Crippen LogP contribution in [0, 0.1) is 0 Å². The van der Waals surface area contributed by atoms with Crippen molar-refractivity contribution in [1.82, 2.24) is 14.8 Å². The lowest BCUT2D eigenvalue weighted by Crippen LogP contribution is -2.37. The molecule has 0 bridgehead atoms. The lowest BCUT2D eigenvalue weighted by Gasteiger charge is -2.21. The number of aryl methyl sites for hydroxylation is 2. The highest BCUT2D eigenvalue weighted by molar-refractivity contribution is 5.76. The Morgan fingerprint density at radius 1 is 1.03 bits per heavy atom. The lowest BCUT2D eigenvalue weighted by molar-refractivity contribution is -0.152. The van der Waals surface area contributed by atoms with Gasteiger partial charge in [-0.1, -0.05) is 24.3 Å². The van der Waals surface area contributed by atoms with E-state index in [0.29, 0.717) is 23.6 Å². The molecule has 0 unspecified atom stereocenters. The number of ether oxygens (including phenoxy) is 1. The Balaban J connectivity index is 1.66. The highest BCUT2D eigenvalue weighted by Gasteiger charge is 2.30. The number of benzene rings is 2. The molecule has 1 N–H and O–H groups in total. The fourth-order valence-electron chi connectivity index (χ4n) is 3.38. The maximum absolute atomic E-state index is 12.8. The molecule has 0 atom stereocenters. The van der Waals surface area contributed by atoms with Crippen molar-refractivity contribution in [2.24, 2.45) is 0 Å². The van der Waals surface area contributed by atoms with Gasteiger partial charge in [-0.15, -0.1) is 0 Å². The van der Waals surface area contributed by atoms with Gasteiger partial charge in [-0.3, -0.25) is 0 Å². The van der Waals surface area contributed by atoms with Gasteiger partial charge in [0, 0.05) is 18.0 Å². The first kappa shape index (κ1) is 25.3. The minimum atomic E-state index is -4.38. The molecule has 0 aliphatic carbocycles. The molecule has 1 aromatic heterocycles. The summed E-state index contributed by atoms with van der Waals surface area (Å²) >= 11 is 0. The molecule has 9 heteroatoms. The normalized spacial score (nSPS) is 12.2. The average molecular weight is 476 g/mol. The van der Waals surface area contributed by atoms with Crippen LogP contribution >= 0.6 is 0 Å². The summed E-state index contributed by atoms with van der Waals surface area (Å²) in [6, 6.07) is 12.2. The Morgan fingerprint density at radius 2 is 1.65 bits per heavy atom. The van der Waals surface area contributed by atoms with Crippen LogP contribution in [0.25, 0.3) is 11.4 Å². The molecule has 1 heterocycles. The maximum atomic E-state index is 12.8. The molecule has 6 nitrogen and oxygen atoms in total. The third-order valence-corrected chi connectivity index (χ3v) is 5.34. The SMILES string of the molecule is CC(C)n1nc(-c2ccc(C(F)(F)F)cc2)nc1CCCc1ccc(OC(C)(C)C(=O)O)cc1. The third-order valence-electron chi connectivity index (χ3n) is 5.34. The van der Waals surface area contributed by atoms with E-state index in [2.05, 4.69) is 10.1 Å². The minimum absolute atomic E-state index is 0.0553. The van der Waals surface area contributed by atoms with E-state index in [1.807, 2.05) is 26.0 Å². The average Bonchev–Trinajstić information content (AvgIpc) is 3.19. The minimum Gasteiger partial charge on any atom is -0.478 e. The van der Waals surface area contributed by atoms with E-state index in [4.69, 9.17) is 4.74 Å². The van der Waals surface area contributed by atoms with E-state index in [-0.39, 0.29) is 6.04 Å². The molecule has 0 aliphatic rings. The zero-order valence-corrected chi connectivity index (χ0v) is 19.6. The standard InChI is InChI=1S/C25H28F3N3O3/c1-16(2)31-21(29-22(30-31)18-10-12-19(13-11-18)25(26,27)28)7-5-6-17-8-14-20(15-9-17)34-24(3,4)23(32)33/h8-16H,5-7H2,1-4H3,(H,32,33). The second-order valence-corrected chi connectivity index (χ2v) is 8.88. The van der Waals surface area contributed by atoms with E-state index in [0.717, 1.165) is 36.4 Å². The summed E-state index contributed by atoms with van der Waals surface area (Å²) in [5, 5.41) is 13.7. The molecule has 0 radical (unpaired) electrons. The van der Waals surface area contributed by atoms with Crippen LogP contribution in [0.2, 0.25) is 0 Å². The molecule has 0 saturated carbocycles. The van der Waals surface area contributed by atoms with Crippen LogP contribution in [-0.4, -0.2) is 31.4 Å². The number of aliphatic carboxylic acids is 1. The first-order valence-corrected chi connectivity index (χ1v) is 11.0. The summed E-state index contributed by atoms with van der Waals surface area (Å²) in [6.45, 7) is 6.94. The number of hydrogen-bond acceptors (Lipinski definition) is 4. The van der Waals surface area contributed by atoms with Crippen LogP contribution in [0.15, 0.2) is 48.5 Å². The Kier molecular flexibility index (Phi) is 7.33. The van der Waals surface area contributed by atoms with Crippen molar-refractivity contribution >= 4 is 5.97 Å². The summed E-state index contributed by atoms with van der Waals surface area (Å²) in [7, 11) is 0. The number of carboxylic acids is 1. The monoisotopic (exact) mass is 475 g/mol. The van der Waals surface area contributed by atoms with E-state index >= 15 is 0 Å². The topological polar surface area (TPSA) is 77.2 Å². The summed E-state index contributed by atoms with van der Waals surface area (Å²) in [5.41, 5.74) is -0.414. The Morgan fingerprint density at radius 3 is 2.18 bits per heavy atom. The quantitative estimate of drug-likeness (QED) is 0.413. The van der Waals surface area contributed by atoms with E-state index in [9.17, 15) is 23.1 Å². The van der Waals surface area contributed by atoms with E-state index in [1.165, 1.54) is 26.0 Å². The number of alkyl halides is 3. The van der Waals surface area contributed by atoms with Crippen molar-refractivity contribution in [3.05, 3.63) is 65.5 Å². The van der Waals surface area contributed by atoms with E-state index in [1.54, 1.807) is 16.8 Å². The molecular weight excluding hydrogens is 447 g/mol. The molecular formula is C25H28F3N3O3. The van der Waals surface area contributed by atoms with Gasteiger partial charge in [-0.2, -0.15) is 18.3 Å².